The van der Waals surface area contributed by atoms with Gasteiger partial charge in [0.05, 0.1) is 0 Å². The summed E-state index contributed by atoms with van der Waals surface area (Å²) < 4.78 is 0.781. The van der Waals surface area contributed by atoms with Crippen molar-refractivity contribution in [2.45, 2.75) is 6.92 Å². The maximum atomic E-state index is 3.94. The fourth-order valence-corrected chi connectivity index (χ4v) is 0.305. The first-order valence-electron chi connectivity index (χ1n) is 3.14. The molecule has 0 aliphatic heterocycles. The van der Waals surface area contributed by atoms with Crippen LogP contribution in [-0.4, -0.2) is 39.5 Å². The van der Waals surface area contributed by atoms with Gasteiger partial charge in [0.15, 0.2) is 7.41 Å². The maximum Gasteiger partial charge on any atom is 0.255 e. The molecule has 0 aliphatic carbocycles. The lowest BCUT2D eigenvalue weighted by Crippen LogP contribution is -2.37. The zero-order chi connectivity index (χ0) is 7.33. The lowest BCUT2D eigenvalue weighted by Gasteiger charge is -2.32. The Morgan fingerprint density at radius 3 is 2.33 bits per heavy atom. The zero-order valence-corrected chi connectivity index (χ0v) is 6.68. The van der Waals surface area contributed by atoms with Crippen LogP contribution in [0.2, 0.25) is 0 Å². The predicted molar refractivity (Wildman–Crippen MR) is 41.6 cm³/mol. The molecule has 0 saturated carbocycles. The van der Waals surface area contributed by atoms with E-state index in [1.807, 2.05) is 14.3 Å². The van der Waals surface area contributed by atoms with Crippen molar-refractivity contribution in [3.8, 4) is 5.97 Å². The molecular formula is C6H14BN2+. The van der Waals surface area contributed by atoms with E-state index in [1.54, 1.807) is 0 Å². The molecule has 0 amide bonds. The molecule has 0 spiro atoms. The van der Waals surface area contributed by atoms with Crippen LogP contribution < -0.4 is 0 Å². The highest BCUT2D eigenvalue weighted by molar-refractivity contribution is 6.37. The van der Waals surface area contributed by atoms with Crippen LogP contribution in [0, 0.1) is 5.97 Å². The van der Waals surface area contributed by atoms with Gasteiger partial charge in [-0.15, -0.1) is 4.85 Å². The highest BCUT2D eigenvalue weighted by atomic mass is 15.2. The first-order valence-corrected chi connectivity index (χ1v) is 3.14. The Morgan fingerprint density at radius 1 is 1.44 bits per heavy atom. The van der Waals surface area contributed by atoms with Crippen LogP contribution in [0.25, 0.3) is 4.85 Å². The van der Waals surface area contributed by atoms with E-state index in [-0.39, 0.29) is 0 Å². The summed E-state index contributed by atoms with van der Waals surface area (Å²) in [4.78, 5) is 3.94. The highest BCUT2D eigenvalue weighted by Crippen LogP contribution is 1.82. The van der Waals surface area contributed by atoms with Gasteiger partial charge in [-0.2, -0.15) is 0 Å². The quantitative estimate of drug-likeness (QED) is 0.452. The Hall–Kier alpha value is -0.485. The van der Waals surface area contributed by atoms with Crippen molar-refractivity contribution in [2.24, 2.45) is 0 Å². The Balaban J connectivity index is 3.50. The maximum absolute atomic E-state index is 3.94. The van der Waals surface area contributed by atoms with E-state index in [1.165, 1.54) is 0 Å². The van der Waals surface area contributed by atoms with Crippen LogP contribution in [0.4, 0.5) is 0 Å². The van der Waals surface area contributed by atoms with Crippen LogP contribution in [0.1, 0.15) is 6.92 Å². The fourth-order valence-electron chi connectivity index (χ4n) is 0.305. The number of hydrogen-bond donors (Lipinski definition) is 0. The van der Waals surface area contributed by atoms with Gasteiger partial charge in [0.2, 0.25) is 0 Å². The molecule has 0 atom stereocenters. The summed E-state index contributed by atoms with van der Waals surface area (Å²) in [5.41, 5.74) is 0. The molecule has 0 bridgehead atoms. The summed E-state index contributed by atoms with van der Waals surface area (Å²) in [6, 6.07) is 0. The first-order chi connectivity index (χ1) is 4.06. The van der Waals surface area contributed by atoms with Gasteiger partial charge in [-0.05, 0) is 0 Å². The average molecular weight is 125 g/mol. The molecule has 9 heavy (non-hydrogen) atoms. The first kappa shape index (κ1) is 8.51. The van der Waals surface area contributed by atoms with Gasteiger partial charge >= 0.3 is 0 Å². The van der Waals surface area contributed by atoms with Gasteiger partial charge in [-0.1, -0.05) is 0 Å². The van der Waals surface area contributed by atoms with Gasteiger partial charge in [-0.3, -0.25) is 0 Å². The van der Waals surface area contributed by atoms with Crippen LogP contribution in [-0.2, 0) is 0 Å². The molecule has 0 aromatic rings. The zero-order valence-electron chi connectivity index (χ0n) is 6.68. The minimum Gasteiger partial charge on any atom is -0.551 e. The van der Waals surface area contributed by atoms with Crippen LogP contribution in [0.15, 0.2) is 0 Å². The standard InChI is InChI=1S/C6H14BN2/c1-5-8-6-7-9(2,3)4/h5H2,1-4H3/q+1. The molecule has 0 saturated heterocycles. The van der Waals surface area contributed by atoms with Gasteiger partial charge < -0.3 is 4.39 Å². The molecule has 50 valence electrons. The lowest BCUT2D eigenvalue weighted by atomic mass is 9.93. The van der Waals surface area contributed by atoms with Crippen molar-refractivity contribution < 1.29 is 4.39 Å². The summed E-state index contributed by atoms with van der Waals surface area (Å²) in [6.07, 6.45) is 0. The smallest absolute Gasteiger partial charge is 0.255 e. The Bertz CT molecular complexity index is 126. The minimum atomic E-state index is 0.781. The lowest BCUT2D eigenvalue weighted by molar-refractivity contribution is -0.753. The SMILES string of the molecule is CC[N+]#C[B-][N+](C)(C)C. The van der Waals surface area contributed by atoms with Crippen molar-refractivity contribution in [3.05, 3.63) is 4.85 Å². The molecular weight excluding hydrogens is 111 g/mol. The Kier molecular flexibility index (Phi) is 3.33. The molecule has 2 nitrogen and oxygen atoms in total. The second-order valence-corrected chi connectivity index (χ2v) is 2.85. The summed E-state index contributed by atoms with van der Waals surface area (Å²) in [7, 11) is 8.12. The van der Waals surface area contributed by atoms with Gasteiger partial charge in [0.1, 0.15) is 0 Å². The molecule has 0 heterocycles. The number of quaternary nitrogens is 1. The summed E-state index contributed by atoms with van der Waals surface area (Å²) in [6.45, 7) is 2.81. The third-order valence-corrected chi connectivity index (χ3v) is 0.694. The van der Waals surface area contributed by atoms with Crippen LogP contribution >= 0.6 is 0 Å². The molecule has 0 rings (SSSR count). The molecule has 0 fully saturated rings. The Labute approximate surface area is 58.1 Å². The fraction of sp³-hybridized carbons (Fsp3) is 0.833. The molecule has 0 aromatic carbocycles. The van der Waals surface area contributed by atoms with E-state index in [9.17, 15) is 0 Å². The summed E-state index contributed by atoms with van der Waals surface area (Å²) in [5, 5.41) is 0. The highest BCUT2D eigenvalue weighted by Gasteiger charge is 1.93. The summed E-state index contributed by atoms with van der Waals surface area (Å²) in [5.74, 6) is 2.85. The molecule has 0 aliphatic rings. The molecule has 3 heteroatoms. The largest absolute Gasteiger partial charge is 0.551 e. The van der Waals surface area contributed by atoms with E-state index >= 15 is 0 Å². The van der Waals surface area contributed by atoms with Crippen molar-refractivity contribution in [3.63, 3.8) is 0 Å². The molecule has 0 unspecified atom stereocenters. The third-order valence-electron chi connectivity index (χ3n) is 0.694. The molecule has 2 radical (unpaired) electrons. The van der Waals surface area contributed by atoms with Gasteiger partial charge in [0, 0.05) is 34.0 Å². The summed E-state index contributed by atoms with van der Waals surface area (Å²) >= 11 is 0. The van der Waals surface area contributed by atoms with E-state index in [2.05, 4.69) is 32.0 Å². The van der Waals surface area contributed by atoms with E-state index in [0.717, 1.165) is 10.9 Å². The van der Waals surface area contributed by atoms with Crippen molar-refractivity contribution in [1.29, 1.82) is 0 Å². The third kappa shape index (κ3) is 7.51. The monoisotopic (exact) mass is 125 g/mol. The molecule has 0 aromatic heterocycles. The number of nitrogens with zero attached hydrogens (tertiary/aromatic N) is 2. The second-order valence-electron chi connectivity index (χ2n) is 2.85. The Morgan fingerprint density at radius 2 is 2.00 bits per heavy atom. The van der Waals surface area contributed by atoms with Gasteiger partial charge in [-0.25, -0.2) is 0 Å². The van der Waals surface area contributed by atoms with Crippen molar-refractivity contribution >= 4 is 7.41 Å². The number of rotatable bonds is 1. The van der Waals surface area contributed by atoms with Crippen LogP contribution in [0.3, 0.4) is 0 Å². The normalized spacial score (nSPS) is 10.2. The van der Waals surface area contributed by atoms with Crippen molar-refractivity contribution in [2.75, 3.05) is 27.7 Å². The average Bonchev–Trinajstić information content (AvgIpc) is 1.63. The second kappa shape index (κ2) is 3.52. The molecule has 0 N–H and O–H groups in total. The van der Waals surface area contributed by atoms with E-state index in [0.29, 0.717) is 0 Å². The van der Waals surface area contributed by atoms with E-state index < -0.39 is 0 Å². The minimum absolute atomic E-state index is 0.781. The number of hydrogen-bond acceptors (Lipinski definition) is 0. The van der Waals surface area contributed by atoms with Crippen molar-refractivity contribution in [1.82, 2.24) is 0 Å². The van der Waals surface area contributed by atoms with Gasteiger partial charge in [0.25, 0.3) is 6.54 Å². The predicted octanol–water partition coefficient (Wildman–Crippen LogP) is 0.622. The van der Waals surface area contributed by atoms with E-state index in [4.69, 9.17) is 0 Å². The topological polar surface area (TPSA) is 4.36 Å². The van der Waals surface area contributed by atoms with Crippen LogP contribution in [0.5, 0.6) is 0 Å².